The lowest BCUT2D eigenvalue weighted by molar-refractivity contribution is -0.117. The highest BCUT2D eigenvalue weighted by molar-refractivity contribution is 8.13. The number of anilines is 1. The Morgan fingerprint density at radius 1 is 0.958 bits per heavy atom. The molecule has 4 aromatic carbocycles. The van der Waals surface area contributed by atoms with Crippen LogP contribution < -0.4 is 9.64 Å². The standard InChI is InChI=1S/C38H31ClN4O4S/c1-21(44)6-5-13-48-38-42-29-10-4-8-26-35-25(19-39)20-43(32(35)18-34(47-38)36(26)29)37(46)31-17-24-14-22(11-12-28(24)41-31)15-33(45)30-16-23-7-2-3-9-27(23)40-30/h2-4,7-12,14,16-18,25,40-41H,5-6,13,15,19-20H2,1H3/t25-/m1/s1. The number of alkyl halides is 1. The minimum absolute atomic E-state index is 0.00223. The van der Waals surface area contributed by atoms with Crippen molar-refractivity contribution < 1.29 is 19.1 Å². The van der Waals surface area contributed by atoms with Crippen molar-refractivity contribution in [2.45, 2.75) is 32.1 Å². The average molecular weight is 675 g/mol. The van der Waals surface area contributed by atoms with Gasteiger partial charge in [-0.05, 0) is 66.3 Å². The Bertz CT molecular complexity index is 2290. The van der Waals surface area contributed by atoms with E-state index in [0.717, 1.165) is 61.5 Å². The van der Waals surface area contributed by atoms with Crippen molar-refractivity contribution in [2.75, 3.05) is 23.1 Å². The first-order valence-corrected chi connectivity index (χ1v) is 17.5. The third-order valence-electron chi connectivity index (χ3n) is 9.07. The minimum atomic E-state index is -0.165. The van der Waals surface area contributed by atoms with Crippen LogP contribution in [0.5, 0.6) is 5.75 Å². The molecule has 10 heteroatoms. The predicted molar refractivity (Wildman–Crippen MR) is 194 cm³/mol. The van der Waals surface area contributed by atoms with E-state index in [1.165, 1.54) is 11.8 Å². The highest BCUT2D eigenvalue weighted by atomic mass is 35.5. The zero-order valence-corrected chi connectivity index (χ0v) is 27.7. The number of hydrogen-bond donors (Lipinski definition) is 2. The van der Waals surface area contributed by atoms with Crippen molar-refractivity contribution in [1.29, 1.82) is 0 Å². The smallest absolute Gasteiger partial charge is 0.274 e. The summed E-state index contributed by atoms with van der Waals surface area (Å²) >= 11 is 8.01. The van der Waals surface area contributed by atoms with Crippen LogP contribution in [0.15, 0.2) is 83.9 Å². The summed E-state index contributed by atoms with van der Waals surface area (Å²) in [4.78, 5) is 51.8. The van der Waals surface area contributed by atoms with Gasteiger partial charge in [-0.3, -0.25) is 9.59 Å². The van der Waals surface area contributed by atoms with Gasteiger partial charge in [-0.15, -0.1) is 11.6 Å². The van der Waals surface area contributed by atoms with E-state index in [-0.39, 0.29) is 29.8 Å². The van der Waals surface area contributed by atoms with Crippen molar-refractivity contribution in [2.24, 2.45) is 4.99 Å². The summed E-state index contributed by atoms with van der Waals surface area (Å²) in [6.45, 7) is 2.04. The van der Waals surface area contributed by atoms with Crippen LogP contribution in [0.4, 0.5) is 11.4 Å². The van der Waals surface area contributed by atoms with Crippen molar-refractivity contribution in [1.82, 2.24) is 9.97 Å². The Hall–Kier alpha value is -4.86. The molecule has 0 fully saturated rings. The number of hydrogen-bond acceptors (Lipinski definition) is 6. The first kappa shape index (κ1) is 30.5. The molecule has 1 amide bonds. The second-order valence-corrected chi connectivity index (χ2v) is 13.7. The fraction of sp³-hybridized carbons (Fsp3) is 0.211. The predicted octanol–water partition coefficient (Wildman–Crippen LogP) is 8.69. The number of aliphatic imine (C=N–C) groups is 1. The second-order valence-electron chi connectivity index (χ2n) is 12.4. The van der Waals surface area contributed by atoms with Gasteiger partial charge in [0.25, 0.3) is 11.1 Å². The van der Waals surface area contributed by atoms with Crippen molar-refractivity contribution in [3.8, 4) is 5.75 Å². The molecule has 8 nitrogen and oxygen atoms in total. The monoisotopic (exact) mass is 674 g/mol. The fourth-order valence-corrected chi connectivity index (χ4v) is 7.83. The number of benzene rings is 4. The first-order chi connectivity index (χ1) is 23.4. The lowest BCUT2D eigenvalue weighted by Gasteiger charge is -2.22. The van der Waals surface area contributed by atoms with E-state index in [1.807, 2.05) is 78.9 Å². The molecule has 2 aliphatic rings. The highest BCUT2D eigenvalue weighted by Crippen LogP contribution is 2.50. The van der Waals surface area contributed by atoms with Gasteiger partial charge in [0.2, 0.25) is 0 Å². The van der Waals surface area contributed by atoms with Gasteiger partial charge in [-0.2, -0.15) is 0 Å². The maximum atomic E-state index is 14.2. The molecule has 8 rings (SSSR count). The van der Waals surface area contributed by atoms with Crippen molar-refractivity contribution in [3.05, 3.63) is 101 Å². The number of aromatic amines is 2. The molecule has 4 heterocycles. The van der Waals surface area contributed by atoms with E-state index in [1.54, 1.807) is 11.8 Å². The number of H-pyrrole nitrogens is 2. The number of nitrogens with zero attached hydrogens (tertiary/aromatic N) is 2. The third kappa shape index (κ3) is 5.46. The van der Waals surface area contributed by atoms with Gasteiger partial charge < -0.3 is 24.4 Å². The van der Waals surface area contributed by atoms with Crippen LogP contribution in [0.25, 0.3) is 32.6 Å². The molecule has 2 aromatic heterocycles. The van der Waals surface area contributed by atoms with E-state index >= 15 is 0 Å². The number of aromatic nitrogens is 2. The number of fused-ring (bicyclic) bond motifs is 4. The van der Waals surface area contributed by atoms with Crippen LogP contribution in [-0.2, 0) is 11.2 Å². The van der Waals surface area contributed by atoms with E-state index in [2.05, 4.69) is 9.97 Å². The first-order valence-electron chi connectivity index (χ1n) is 15.9. The van der Waals surface area contributed by atoms with Gasteiger partial charge in [0, 0.05) is 64.8 Å². The number of rotatable bonds is 9. The van der Waals surface area contributed by atoms with Crippen LogP contribution in [0.1, 0.15) is 57.8 Å². The average Bonchev–Trinajstić information content (AvgIpc) is 3.81. The summed E-state index contributed by atoms with van der Waals surface area (Å²) in [5.41, 5.74) is 6.26. The molecule has 2 N–H and O–H groups in total. The summed E-state index contributed by atoms with van der Waals surface area (Å²) < 4.78 is 6.30. The number of nitrogens with one attached hydrogen (secondary N) is 2. The molecule has 2 aliphatic heterocycles. The van der Waals surface area contributed by atoms with Crippen LogP contribution in [0, 0.1) is 0 Å². The van der Waals surface area contributed by atoms with E-state index in [4.69, 9.17) is 21.3 Å². The van der Waals surface area contributed by atoms with Gasteiger partial charge in [-0.25, -0.2) is 4.99 Å². The van der Waals surface area contributed by atoms with Crippen LogP contribution in [-0.4, -0.2) is 50.8 Å². The Labute approximate surface area is 285 Å². The summed E-state index contributed by atoms with van der Waals surface area (Å²) in [7, 11) is 0. The molecule has 240 valence electrons. The summed E-state index contributed by atoms with van der Waals surface area (Å²) in [6.07, 6.45) is 1.51. The third-order valence-corrected chi connectivity index (χ3v) is 10.4. The lowest BCUT2D eigenvalue weighted by atomic mass is 9.94. The maximum Gasteiger partial charge on any atom is 0.274 e. The number of carbonyl (C=O) groups is 3. The van der Waals surface area contributed by atoms with Gasteiger partial charge in [0.15, 0.2) is 5.78 Å². The maximum absolute atomic E-state index is 14.2. The van der Waals surface area contributed by atoms with Gasteiger partial charge >= 0.3 is 0 Å². The molecular weight excluding hydrogens is 644 g/mol. The number of halogens is 1. The van der Waals surface area contributed by atoms with E-state index in [9.17, 15) is 14.4 Å². The Kier molecular flexibility index (Phi) is 7.81. The quantitative estimate of drug-likeness (QED) is 0.0906. The molecule has 0 spiro atoms. The number of thioether (sulfide) groups is 1. The molecule has 0 saturated carbocycles. The lowest BCUT2D eigenvalue weighted by Crippen LogP contribution is -2.30. The number of ether oxygens (including phenoxy) is 1. The largest absolute Gasteiger partial charge is 0.433 e. The molecule has 0 bridgehead atoms. The molecule has 0 radical (unpaired) electrons. The SMILES string of the molecule is CC(=O)CCCSC1=Nc2cccc3c4c(cc(c23)O1)N(C(=O)c1cc2cc(CC(=O)c3cc5ccccc5[nH]3)ccc2[nH]1)C[C@H]4CCl. The minimum Gasteiger partial charge on any atom is -0.433 e. The normalized spacial score (nSPS) is 15.2. The van der Waals surface area contributed by atoms with Crippen molar-refractivity contribution in [3.63, 3.8) is 0 Å². The van der Waals surface area contributed by atoms with Gasteiger partial charge in [0.05, 0.1) is 22.5 Å². The summed E-state index contributed by atoms with van der Waals surface area (Å²) in [5.74, 6) is 1.66. The van der Waals surface area contributed by atoms with Crippen LogP contribution in [0.3, 0.4) is 0 Å². The Morgan fingerprint density at radius 2 is 1.77 bits per heavy atom. The van der Waals surface area contributed by atoms with E-state index < -0.39 is 0 Å². The number of para-hydroxylation sites is 1. The van der Waals surface area contributed by atoms with Gasteiger partial charge in [0.1, 0.15) is 17.2 Å². The molecule has 48 heavy (non-hydrogen) atoms. The molecule has 0 unspecified atom stereocenters. The molecular formula is C38H31ClN4O4S. The van der Waals surface area contributed by atoms with Crippen molar-refractivity contribution >= 4 is 90.0 Å². The van der Waals surface area contributed by atoms with Crippen LogP contribution in [0.2, 0.25) is 0 Å². The number of ketones is 2. The Balaban J connectivity index is 1.07. The summed E-state index contributed by atoms with van der Waals surface area (Å²) in [5, 5.41) is 4.28. The number of Topliss-reactive ketones (excluding diaryl/α,β-unsaturated/α-hetero) is 2. The van der Waals surface area contributed by atoms with Crippen LogP contribution >= 0.6 is 23.4 Å². The van der Waals surface area contributed by atoms with Gasteiger partial charge in [-0.1, -0.05) is 48.2 Å². The fourth-order valence-electron chi connectivity index (χ4n) is 6.80. The highest BCUT2D eigenvalue weighted by Gasteiger charge is 2.37. The Morgan fingerprint density at radius 3 is 2.60 bits per heavy atom. The number of amides is 1. The zero-order chi connectivity index (χ0) is 32.9. The molecule has 6 aromatic rings. The molecule has 1 atom stereocenters. The molecule has 0 saturated heterocycles. The summed E-state index contributed by atoms with van der Waals surface area (Å²) in [6, 6.07) is 25.3. The zero-order valence-electron chi connectivity index (χ0n) is 26.1. The molecule has 0 aliphatic carbocycles. The second kappa shape index (κ2) is 12.3. The topological polar surface area (TPSA) is 108 Å². The number of carbonyl (C=O) groups excluding carboxylic acids is 3. The van der Waals surface area contributed by atoms with E-state index in [0.29, 0.717) is 47.0 Å².